The standard InChI is InChI=1S/C17H13FN2O4/c18-13-2-1-3-14(8-13)20-16(21)10-24-17(22)11-23-15-6-4-12(9-19)5-7-15/h1-8H,10-11H2,(H,20,21). The molecular formula is C17H13FN2O4. The lowest BCUT2D eigenvalue weighted by molar-refractivity contribution is -0.149. The van der Waals surface area contributed by atoms with E-state index in [-0.39, 0.29) is 12.3 Å². The molecule has 7 heteroatoms. The highest BCUT2D eigenvalue weighted by molar-refractivity contribution is 5.92. The minimum atomic E-state index is -0.728. The highest BCUT2D eigenvalue weighted by Gasteiger charge is 2.09. The molecular weight excluding hydrogens is 315 g/mol. The van der Waals surface area contributed by atoms with Gasteiger partial charge in [-0.25, -0.2) is 9.18 Å². The van der Waals surface area contributed by atoms with Crippen molar-refractivity contribution in [3.8, 4) is 11.8 Å². The van der Waals surface area contributed by atoms with Gasteiger partial charge in [0, 0.05) is 5.69 Å². The van der Waals surface area contributed by atoms with Crippen LogP contribution >= 0.6 is 0 Å². The molecule has 2 aromatic rings. The molecule has 2 aromatic carbocycles. The van der Waals surface area contributed by atoms with Crippen molar-refractivity contribution in [2.24, 2.45) is 0 Å². The number of hydrogen-bond acceptors (Lipinski definition) is 5. The molecule has 0 aromatic heterocycles. The number of benzene rings is 2. The third-order valence-electron chi connectivity index (χ3n) is 2.81. The Morgan fingerprint density at radius 2 is 1.88 bits per heavy atom. The fourth-order valence-electron chi connectivity index (χ4n) is 1.72. The van der Waals surface area contributed by atoms with Gasteiger partial charge in [0.1, 0.15) is 11.6 Å². The van der Waals surface area contributed by atoms with E-state index in [9.17, 15) is 14.0 Å². The van der Waals surface area contributed by atoms with Gasteiger partial charge >= 0.3 is 5.97 Å². The summed E-state index contributed by atoms with van der Waals surface area (Å²) >= 11 is 0. The van der Waals surface area contributed by atoms with E-state index < -0.39 is 24.3 Å². The Balaban J connectivity index is 1.72. The number of ether oxygens (including phenoxy) is 2. The van der Waals surface area contributed by atoms with Crippen molar-refractivity contribution in [1.29, 1.82) is 5.26 Å². The second-order valence-electron chi connectivity index (χ2n) is 4.64. The van der Waals surface area contributed by atoms with Gasteiger partial charge in [0.05, 0.1) is 11.6 Å². The van der Waals surface area contributed by atoms with Gasteiger partial charge < -0.3 is 14.8 Å². The summed E-state index contributed by atoms with van der Waals surface area (Å²) in [6.45, 7) is -0.884. The molecule has 0 atom stereocenters. The lowest BCUT2D eigenvalue weighted by Gasteiger charge is -2.08. The molecule has 1 N–H and O–H groups in total. The zero-order valence-electron chi connectivity index (χ0n) is 12.5. The molecule has 0 bridgehead atoms. The maximum atomic E-state index is 13.0. The maximum Gasteiger partial charge on any atom is 0.344 e. The zero-order valence-corrected chi connectivity index (χ0v) is 12.5. The van der Waals surface area contributed by atoms with Crippen molar-refractivity contribution in [1.82, 2.24) is 0 Å². The van der Waals surface area contributed by atoms with E-state index in [0.717, 1.165) is 6.07 Å². The van der Waals surface area contributed by atoms with Gasteiger partial charge in [0.15, 0.2) is 13.2 Å². The van der Waals surface area contributed by atoms with Gasteiger partial charge in [-0.05, 0) is 42.5 Å². The summed E-state index contributed by atoms with van der Waals surface area (Å²) in [4.78, 5) is 23.1. The first-order valence-electron chi connectivity index (χ1n) is 6.91. The number of carbonyl (C=O) groups is 2. The fourth-order valence-corrected chi connectivity index (χ4v) is 1.72. The number of nitrogens with zero attached hydrogens (tertiary/aromatic N) is 1. The van der Waals surface area contributed by atoms with Crippen LogP contribution in [-0.4, -0.2) is 25.1 Å². The maximum absolute atomic E-state index is 13.0. The molecule has 0 aliphatic heterocycles. The Kier molecular flexibility index (Phi) is 5.86. The molecule has 0 radical (unpaired) electrons. The predicted molar refractivity (Wildman–Crippen MR) is 82.6 cm³/mol. The van der Waals surface area contributed by atoms with Gasteiger partial charge in [-0.15, -0.1) is 0 Å². The van der Waals surface area contributed by atoms with Gasteiger partial charge in [-0.1, -0.05) is 6.07 Å². The van der Waals surface area contributed by atoms with E-state index in [2.05, 4.69) is 5.32 Å². The fraction of sp³-hybridized carbons (Fsp3) is 0.118. The molecule has 2 rings (SSSR count). The summed E-state index contributed by atoms with van der Waals surface area (Å²) in [5.74, 6) is -1.41. The molecule has 0 aliphatic carbocycles. The third-order valence-corrected chi connectivity index (χ3v) is 2.81. The lowest BCUT2D eigenvalue weighted by atomic mass is 10.2. The van der Waals surface area contributed by atoms with Crippen molar-refractivity contribution < 1.29 is 23.5 Å². The van der Waals surface area contributed by atoms with Crippen molar-refractivity contribution in [2.75, 3.05) is 18.5 Å². The van der Waals surface area contributed by atoms with Crippen LogP contribution in [-0.2, 0) is 14.3 Å². The predicted octanol–water partition coefficient (Wildman–Crippen LogP) is 2.26. The minimum Gasteiger partial charge on any atom is -0.482 e. The first kappa shape index (κ1) is 17.0. The first-order chi connectivity index (χ1) is 11.6. The lowest BCUT2D eigenvalue weighted by Crippen LogP contribution is -2.23. The van der Waals surface area contributed by atoms with Crippen molar-refractivity contribution in [3.05, 3.63) is 59.9 Å². The van der Waals surface area contributed by atoms with Crippen LogP contribution in [0.15, 0.2) is 48.5 Å². The number of halogens is 1. The van der Waals surface area contributed by atoms with Gasteiger partial charge in [-0.2, -0.15) is 5.26 Å². The van der Waals surface area contributed by atoms with Crippen molar-refractivity contribution in [3.63, 3.8) is 0 Å². The molecule has 0 saturated carbocycles. The average Bonchev–Trinajstić information content (AvgIpc) is 2.58. The van der Waals surface area contributed by atoms with Crippen LogP contribution in [0, 0.1) is 17.1 Å². The van der Waals surface area contributed by atoms with E-state index in [1.807, 2.05) is 6.07 Å². The third kappa shape index (κ3) is 5.42. The number of nitrogens with one attached hydrogen (secondary N) is 1. The zero-order chi connectivity index (χ0) is 17.4. The molecule has 0 heterocycles. The second kappa shape index (κ2) is 8.29. The quantitative estimate of drug-likeness (QED) is 0.822. The minimum absolute atomic E-state index is 0.268. The van der Waals surface area contributed by atoms with Crippen LogP contribution in [0.4, 0.5) is 10.1 Å². The number of amides is 1. The van der Waals surface area contributed by atoms with Crippen LogP contribution in [0.25, 0.3) is 0 Å². The second-order valence-corrected chi connectivity index (χ2v) is 4.64. The topological polar surface area (TPSA) is 88.4 Å². The monoisotopic (exact) mass is 328 g/mol. The Bertz CT molecular complexity index is 769. The summed E-state index contributed by atoms with van der Waals surface area (Å²) in [7, 11) is 0. The van der Waals surface area contributed by atoms with Crippen molar-refractivity contribution in [2.45, 2.75) is 0 Å². The molecule has 0 saturated heterocycles. The van der Waals surface area contributed by atoms with Crippen LogP contribution in [0.2, 0.25) is 0 Å². The average molecular weight is 328 g/mol. The van der Waals surface area contributed by atoms with E-state index in [0.29, 0.717) is 11.3 Å². The summed E-state index contributed by atoms with van der Waals surface area (Å²) in [5, 5.41) is 11.1. The molecule has 0 fully saturated rings. The highest BCUT2D eigenvalue weighted by atomic mass is 19.1. The van der Waals surface area contributed by atoms with E-state index in [1.54, 1.807) is 24.3 Å². The normalized spacial score (nSPS) is 9.67. The summed E-state index contributed by atoms with van der Waals surface area (Å²) in [6.07, 6.45) is 0. The van der Waals surface area contributed by atoms with Gasteiger partial charge in [0.2, 0.25) is 0 Å². The summed E-state index contributed by atoms with van der Waals surface area (Å²) in [6, 6.07) is 13.5. The molecule has 122 valence electrons. The number of carbonyl (C=O) groups excluding carboxylic acids is 2. The highest BCUT2D eigenvalue weighted by Crippen LogP contribution is 2.11. The number of anilines is 1. The van der Waals surface area contributed by atoms with Crippen molar-refractivity contribution >= 4 is 17.6 Å². The van der Waals surface area contributed by atoms with Crippen LogP contribution < -0.4 is 10.1 Å². The Labute approximate surface area is 137 Å². The molecule has 1 amide bonds. The smallest absolute Gasteiger partial charge is 0.344 e. The molecule has 0 aliphatic rings. The van der Waals surface area contributed by atoms with Gasteiger partial charge in [-0.3, -0.25) is 4.79 Å². The molecule has 0 spiro atoms. The summed E-state index contributed by atoms with van der Waals surface area (Å²) < 4.78 is 22.9. The molecule has 24 heavy (non-hydrogen) atoms. The molecule has 0 unspecified atom stereocenters. The van der Waals surface area contributed by atoms with Gasteiger partial charge in [0.25, 0.3) is 5.91 Å². The largest absolute Gasteiger partial charge is 0.482 e. The van der Waals surface area contributed by atoms with Crippen LogP contribution in [0.1, 0.15) is 5.56 Å². The Morgan fingerprint density at radius 1 is 1.12 bits per heavy atom. The number of esters is 1. The van der Waals surface area contributed by atoms with E-state index in [1.165, 1.54) is 18.2 Å². The SMILES string of the molecule is N#Cc1ccc(OCC(=O)OCC(=O)Nc2cccc(F)c2)cc1. The Morgan fingerprint density at radius 3 is 2.54 bits per heavy atom. The van der Waals surface area contributed by atoms with E-state index >= 15 is 0 Å². The van der Waals surface area contributed by atoms with E-state index in [4.69, 9.17) is 14.7 Å². The van der Waals surface area contributed by atoms with Crippen LogP contribution in [0.3, 0.4) is 0 Å². The number of rotatable bonds is 6. The van der Waals surface area contributed by atoms with Crippen LogP contribution in [0.5, 0.6) is 5.75 Å². The molecule has 6 nitrogen and oxygen atoms in total. The summed E-state index contributed by atoms with van der Waals surface area (Å²) in [5.41, 5.74) is 0.740. The number of hydrogen-bond donors (Lipinski definition) is 1. The first-order valence-corrected chi connectivity index (χ1v) is 6.91. The number of nitriles is 1. The Hall–Kier alpha value is -3.40.